The number of aromatic nitrogens is 1. The van der Waals surface area contributed by atoms with E-state index in [2.05, 4.69) is 70.5 Å². The van der Waals surface area contributed by atoms with Crippen LogP contribution in [0.25, 0.3) is 10.9 Å². The van der Waals surface area contributed by atoms with Crippen LogP contribution in [0, 0.1) is 0 Å². The molecule has 1 saturated heterocycles. The van der Waals surface area contributed by atoms with Crippen LogP contribution in [-0.4, -0.2) is 79.3 Å². The number of nitrogens with one attached hydrogen (secondary N) is 2. The molecule has 1 aliphatic rings. The SMILES string of the molecule is CCN(CC)CCNC(=S)Nc1ccc2nc(N3CCN(C)CC3)ccc2c1. The highest BCUT2D eigenvalue weighted by atomic mass is 32.1. The lowest BCUT2D eigenvalue weighted by atomic mass is 10.2. The molecule has 1 aromatic carbocycles. The second kappa shape index (κ2) is 10.0. The van der Waals surface area contributed by atoms with Crippen molar-refractivity contribution >= 4 is 39.7 Å². The fourth-order valence-corrected chi connectivity index (χ4v) is 3.67. The number of rotatable bonds is 7. The number of hydrogen-bond acceptors (Lipinski definition) is 5. The summed E-state index contributed by atoms with van der Waals surface area (Å²) in [6.07, 6.45) is 0. The number of fused-ring (bicyclic) bond motifs is 1. The van der Waals surface area contributed by atoms with Crippen LogP contribution < -0.4 is 15.5 Å². The van der Waals surface area contributed by atoms with E-state index in [1.165, 1.54) is 0 Å². The molecule has 28 heavy (non-hydrogen) atoms. The van der Waals surface area contributed by atoms with Gasteiger partial charge in [-0.25, -0.2) is 4.98 Å². The molecular formula is C21H32N6S. The van der Waals surface area contributed by atoms with E-state index >= 15 is 0 Å². The van der Waals surface area contributed by atoms with E-state index in [4.69, 9.17) is 17.2 Å². The van der Waals surface area contributed by atoms with Crippen molar-refractivity contribution in [3.8, 4) is 0 Å². The average Bonchev–Trinajstić information content (AvgIpc) is 2.71. The second-order valence-electron chi connectivity index (χ2n) is 7.28. The van der Waals surface area contributed by atoms with Gasteiger partial charge in [0.1, 0.15) is 5.82 Å². The minimum Gasteiger partial charge on any atom is -0.361 e. The summed E-state index contributed by atoms with van der Waals surface area (Å²) in [7, 11) is 2.17. The first-order chi connectivity index (χ1) is 13.6. The molecule has 0 amide bonds. The Morgan fingerprint density at radius 3 is 2.57 bits per heavy atom. The molecule has 1 fully saturated rings. The molecule has 6 nitrogen and oxygen atoms in total. The highest BCUT2D eigenvalue weighted by Gasteiger charge is 2.15. The van der Waals surface area contributed by atoms with Crippen LogP contribution in [0.1, 0.15) is 13.8 Å². The van der Waals surface area contributed by atoms with Gasteiger partial charge in [0.25, 0.3) is 0 Å². The second-order valence-corrected chi connectivity index (χ2v) is 7.68. The monoisotopic (exact) mass is 400 g/mol. The van der Waals surface area contributed by atoms with E-state index in [0.29, 0.717) is 5.11 Å². The molecule has 152 valence electrons. The van der Waals surface area contributed by atoms with Crippen LogP contribution in [0.4, 0.5) is 11.5 Å². The number of pyridine rings is 1. The molecule has 0 radical (unpaired) electrons. The van der Waals surface area contributed by atoms with Gasteiger partial charge in [-0.3, -0.25) is 0 Å². The third kappa shape index (κ3) is 5.53. The molecule has 0 saturated carbocycles. The lowest BCUT2D eigenvalue weighted by Crippen LogP contribution is -2.44. The summed E-state index contributed by atoms with van der Waals surface area (Å²) in [4.78, 5) is 11.9. The molecule has 2 N–H and O–H groups in total. The summed E-state index contributed by atoms with van der Waals surface area (Å²) in [5, 5.41) is 8.35. The zero-order valence-corrected chi connectivity index (χ0v) is 18.1. The Morgan fingerprint density at radius 2 is 1.86 bits per heavy atom. The van der Waals surface area contributed by atoms with Crippen molar-refractivity contribution in [1.82, 2.24) is 20.1 Å². The smallest absolute Gasteiger partial charge is 0.170 e. The Bertz CT molecular complexity index is 784. The van der Waals surface area contributed by atoms with Gasteiger partial charge in [-0.2, -0.15) is 0 Å². The fourth-order valence-electron chi connectivity index (χ4n) is 3.45. The van der Waals surface area contributed by atoms with Gasteiger partial charge in [0.2, 0.25) is 0 Å². The Hall–Kier alpha value is -1.96. The van der Waals surface area contributed by atoms with Crippen molar-refractivity contribution in [2.45, 2.75) is 13.8 Å². The van der Waals surface area contributed by atoms with Crippen molar-refractivity contribution in [3.63, 3.8) is 0 Å². The van der Waals surface area contributed by atoms with E-state index < -0.39 is 0 Å². The van der Waals surface area contributed by atoms with Crippen molar-refractivity contribution in [1.29, 1.82) is 0 Å². The van der Waals surface area contributed by atoms with Gasteiger partial charge < -0.3 is 25.3 Å². The van der Waals surface area contributed by atoms with E-state index in [1.54, 1.807) is 0 Å². The normalized spacial score (nSPS) is 15.2. The zero-order valence-electron chi connectivity index (χ0n) is 17.2. The van der Waals surface area contributed by atoms with Gasteiger partial charge in [0, 0.05) is 50.3 Å². The van der Waals surface area contributed by atoms with Crippen LogP contribution in [-0.2, 0) is 0 Å². The van der Waals surface area contributed by atoms with E-state index in [9.17, 15) is 0 Å². The van der Waals surface area contributed by atoms with Crippen LogP contribution in [0.15, 0.2) is 30.3 Å². The van der Waals surface area contributed by atoms with E-state index in [0.717, 1.165) is 74.8 Å². The third-order valence-corrected chi connectivity index (χ3v) is 5.61. The molecule has 2 heterocycles. The van der Waals surface area contributed by atoms with E-state index in [1.807, 2.05) is 6.07 Å². The minimum atomic E-state index is 0.661. The molecular weight excluding hydrogens is 368 g/mol. The first kappa shape index (κ1) is 20.8. The lowest BCUT2D eigenvalue weighted by molar-refractivity contribution is 0.308. The highest BCUT2D eigenvalue weighted by molar-refractivity contribution is 7.80. The van der Waals surface area contributed by atoms with Crippen molar-refractivity contribution < 1.29 is 0 Å². The summed E-state index contributed by atoms with van der Waals surface area (Å²) in [6.45, 7) is 12.5. The van der Waals surface area contributed by atoms with Gasteiger partial charge in [-0.05, 0) is 62.7 Å². The number of likely N-dealkylation sites (N-methyl/N-ethyl adjacent to an activating group) is 2. The van der Waals surface area contributed by atoms with Gasteiger partial charge in [-0.1, -0.05) is 13.8 Å². The van der Waals surface area contributed by atoms with Gasteiger partial charge in [0.15, 0.2) is 5.11 Å². The summed E-state index contributed by atoms with van der Waals surface area (Å²) in [5.74, 6) is 1.06. The number of benzene rings is 1. The molecule has 1 aromatic heterocycles. The minimum absolute atomic E-state index is 0.661. The number of piperazine rings is 1. The van der Waals surface area contributed by atoms with Crippen LogP contribution in [0.3, 0.4) is 0 Å². The molecule has 0 atom stereocenters. The fraction of sp³-hybridized carbons (Fsp3) is 0.524. The summed E-state index contributed by atoms with van der Waals surface area (Å²) >= 11 is 5.43. The molecule has 0 spiro atoms. The Labute approximate surface area is 173 Å². The van der Waals surface area contributed by atoms with Crippen molar-refractivity contribution in [2.24, 2.45) is 0 Å². The molecule has 0 unspecified atom stereocenters. The molecule has 2 aromatic rings. The summed E-state index contributed by atoms with van der Waals surface area (Å²) < 4.78 is 0. The summed E-state index contributed by atoms with van der Waals surface area (Å²) in [6, 6.07) is 10.5. The maximum absolute atomic E-state index is 5.43. The topological polar surface area (TPSA) is 46.7 Å². The first-order valence-corrected chi connectivity index (χ1v) is 10.6. The number of thiocarbonyl (C=S) groups is 1. The third-order valence-electron chi connectivity index (χ3n) is 5.37. The predicted molar refractivity (Wildman–Crippen MR) is 123 cm³/mol. The highest BCUT2D eigenvalue weighted by Crippen LogP contribution is 2.22. The number of anilines is 2. The molecule has 3 rings (SSSR count). The Morgan fingerprint density at radius 1 is 1.11 bits per heavy atom. The van der Waals surface area contributed by atoms with Gasteiger partial charge in [0.05, 0.1) is 5.52 Å². The molecule has 0 aliphatic carbocycles. The average molecular weight is 401 g/mol. The zero-order chi connectivity index (χ0) is 19.9. The van der Waals surface area contributed by atoms with E-state index in [-0.39, 0.29) is 0 Å². The quantitative estimate of drug-likeness (QED) is 0.693. The van der Waals surface area contributed by atoms with Crippen molar-refractivity contribution in [2.75, 3.05) is 69.6 Å². The number of hydrogen-bond donors (Lipinski definition) is 2. The molecule has 0 bridgehead atoms. The standard InChI is InChI=1S/C21H32N6S/c1-4-26(5-2)11-10-22-21(28)23-18-7-8-19-17(16-18)6-9-20(24-19)27-14-12-25(3)13-15-27/h6-9,16H,4-5,10-15H2,1-3H3,(H2,22,23,28). The Balaban J connectivity index is 1.58. The largest absolute Gasteiger partial charge is 0.361 e. The Kier molecular flexibility index (Phi) is 7.42. The van der Waals surface area contributed by atoms with Crippen LogP contribution in [0.2, 0.25) is 0 Å². The van der Waals surface area contributed by atoms with Crippen LogP contribution >= 0.6 is 12.2 Å². The predicted octanol–water partition coefficient (Wildman–Crippen LogP) is 2.61. The van der Waals surface area contributed by atoms with Crippen molar-refractivity contribution in [3.05, 3.63) is 30.3 Å². The molecule has 7 heteroatoms. The maximum atomic E-state index is 5.43. The maximum Gasteiger partial charge on any atom is 0.170 e. The first-order valence-electron chi connectivity index (χ1n) is 10.2. The lowest BCUT2D eigenvalue weighted by Gasteiger charge is -2.33. The number of nitrogens with zero attached hydrogens (tertiary/aromatic N) is 4. The van der Waals surface area contributed by atoms with Gasteiger partial charge >= 0.3 is 0 Å². The van der Waals surface area contributed by atoms with Gasteiger partial charge in [-0.15, -0.1) is 0 Å². The summed E-state index contributed by atoms with van der Waals surface area (Å²) in [5.41, 5.74) is 2.00. The molecule has 1 aliphatic heterocycles. The van der Waals surface area contributed by atoms with Crippen LogP contribution in [0.5, 0.6) is 0 Å².